The zero-order valence-corrected chi connectivity index (χ0v) is 14.1. The average molecular weight is 340 g/mol. The molecule has 0 aromatic heterocycles. The Morgan fingerprint density at radius 2 is 2.09 bits per heavy atom. The molecule has 2 rings (SSSR count). The van der Waals surface area contributed by atoms with Gasteiger partial charge in [0.15, 0.2) is 5.17 Å². The lowest BCUT2D eigenvalue weighted by Gasteiger charge is -2.30. The molecule has 1 atom stereocenters. The van der Waals surface area contributed by atoms with Crippen molar-refractivity contribution in [3.05, 3.63) is 29.3 Å². The maximum atomic E-state index is 12.4. The van der Waals surface area contributed by atoms with Crippen molar-refractivity contribution in [1.29, 1.82) is 0 Å². The van der Waals surface area contributed by atoms with Gasteiger partial charge in [0.1, 0.15) is 5.25 Å². The van der Waals surface area contributed by atoms with Gasteiger partial charge in [0.05, 0.1) is 0 Å². The minimum atomic E-state index is -0.462. The van der Waals surface area contributed by atoms with Crippen LogP contribution in [0.5, 0.6) is 0 Å². The van der Waals surface area contributed by atoms with Gasteiger partial charge in [-0.1, -0.05) is 23.4 Å². The van der Waals surface area contributed by atoms with Gasteiger partial charge in [-0.05, 0) is 38.1 Å². The first-order valence-corrected chi connectivity index (χ1v) is 8.38. The Labute approximate surface area is 139 Å². The lowest BCUT2D eigenvalue weighted by atomic mass is 10.2. The van der Waals surface area contributed by atoms with Gasteiger partial charge in [-0.25, -0.2) is 0 Å². The molecule has 5 nitrogen and oxygen atoms in total. The van der Waals surface area contributed by atoms with E-state index in [9.17, 15) is 9.59 Å². The van der Waals surface area contributed by atoms with E-state index in [0.29, 0.717) is 29.0 Å². The van der Waals surface area contributed by atoms with E-state index in [1.54, 1.807) is 29.2 Å². The summed E-state index contributed by atoms with van der Waals surface area (Å²) < 4.78 is 0. The van der Waals surface area contributed by atoms with Crippen molar-refractivity contribution in [2.45, 2.75) is 25.5 Å². The molecule has 0 saturated carbocycles. The minimum Gasteiger partial charge on any atom is -0.325 e. The number of amidine groups is 1. The van der Waals surface area contributed by atoms with Gasteiger partial charge in [0, 0.05) is 30.2 Å². The molecule has 22 heavy (non-hydrogen) atoms. The summed E-state index contributed by atoms with van der Waals surface area (Å²) >= 11 is 7.16. The van der Waals surface area contributed by atoms with Crippen molar-refractivity contribution in [3.8, 4) is 0 Å². The number of carbonyl (C=O) groups excluding carboxylic acids is 2. The Morgan fingerprint density at radius 1 is 1.41 bits per heavy atom. The highest BCUT2D eigenvalue weighted by Gasteiger charge is 2.34. The summed E-state index contributed by atoms with van der Waals surface area (Å²) in [5.74, 6) is -0.259. The molecule has 1 heterocycles. The third-order valence-corrected chi connectivity index (χ3v) is 4.63. The summed E-state index contributed by atoms with van der Waals surface area (Å²) in [6.07, 6.45) is 0.181. The second kappa shape index (κ2) is 7.65. The summed E-state index contributed by atoms with van der Waals surface area (Å²) in [6, 6.07) is 6.88. The van der Waals surface area contributed by atoms with Crippen LogP contribution in [0.2, 0.25) is 5.02 Å². The van der Waals surface area contributed by atoms with Gasteiger partial charge >= 0.3 is 0 Å². The highest BCUT2D eigenvalue weighted by atomic mass is 35.5. The highest BCUT2D eigenvalue weighted by Crippen LogP contribution is 2.27. The Kier molecular flexibility index (Phi) is 5.85. The molecule has 1 aliphatic heterocycles. The Bertz CT molecular complexity index is 589. The molecule has 7 heteroatoms. The van der Waals surface area contributed by atoms with Crippen molar-refractivity contribution < 1.29 is 9.59 Å². The summed E-state index contributed by atoms with van der Waals surface area (Å²) in [7, 11) is 0. The molecule has 2 amide bonds. The third kappa shape index (κ3) is 4.01. The van der Waals surface area contributed by atoms with Crippen LogP contribution in [-0.2, 0) is 9.59 Å². The number of rotatable bonds is 4. The van der Waals surface area contributed by atoms with E-state index in [1.165, 1.54) is 11.8 Å². The average Bonchev–Trinajstić information content (AvgIpc) is 2.49. The molecule has 1 saturated heterocycles. The molecule has 0 spiro atoms. The third-order valence-electron chi connectivity index (χ3n) is 3.15. The van der Waals surface area contributed by atoms with Gasteiger partial charge in [0.2, 0.25) is 11.8 Å². The molecule has 1 aromatic carbocycles. The van der Waals surface area contributed by atoms with Crippen LogP contribution in [0.3, 0.4) is 0 Å². The maximum Gasteiger partial charge on any atom is 0.238 e. The first-order chi connectivity index (χ1) is 10.5. The number of nitrogens with one attached hydrogen (secondary N) is 1. The number of nitrogens with zero attached hydrogens (tertiary/aromatic N) is 2. The summed E-state index contributed by atoms with van der Waals surface area (Å²) in [5.41, 5.74) is 0.661. The Morgan fingerprint density at radius 3 is 2.68 bits per heavy atom. The van der Waals surface area contributed by atoms with Gasteiger partial charge < -0.3 is 5.32 Å². The smallest absolute Gasteiger partial charge is 0.238 e. The molecular formula is C15H18ClN3O2S. The molecular weight excluding hydrogens is 322 g/mol. The second-order valence-corrected chi connectivity index (χ2v) is 6.31. The summed E-state index contributed by atoms with van der Waals surface area (Å²) in [4.78, 5) is 30.5. The Balaban J connectivity index is 2.08. The van der Waals surface area contributed by atoms with E-state index < -0.39 is 5.25 Å². The summed E-state index contributed by atoms with van der Waals surface area (Å²) in [6.45, 7) is 4.95. The zero-order chi connectivity index (χ0) is 16.1. The monoisotopic (exact) mass is 339 g/mol. The van der Waals surface area contributed by atoms with Gasteiger partial charge in [-0.2, -0.15) is 0 Å². The number of thioether (sulfide) groups is 1. The van der Waals surface area contributed by atoms with Crippen LogP contribution >= 0.6 is 23.4 Å². The van der Waals surface area contributed by atoms with Crippen LogP contribution in [0.1, 0.15) is 20.3 Å². The molecule has 1 N–H and O–H groups in total. The maximum absolute atomic E-state index is 12.4. The van der Waals surface area contributed by atoms with Crippen LogP contribution in [0.4, 0.5) is 5.69 Å². The second-order valence-electron chi connectivity index (χ2n) is 4.70. The fraction of sp³-hybridized carbons (Fsp3) is 0.400. The van der Waals surface area contributed by atoms with E-state index in [0.717, 1.165) is 0 Å². The molecule has 1 fully saturated rings. The predicted molar refractivity (Wildman–Crippen MR) is 91.4 cm³/mol. The Hall–Kier alpha value is -1.53. The van der Waals surface area contributed by atoms with Crippen LogP contribution in [0, 0.1) is 0 Å². The van der Waals surface area contributed by atoms with Crippen molar-refractivity contribution in [1.82, 2.24) is 4.90 Å². The first-order valence-electron chi connectivity index (χ1n) is 7.13. The number of halogens is 1. The number of benzene rings is 1. The lowest BCUT2D eigenvalue weighted by Crippen LogP contribution is -2.45. The number of anilines is 1. The van der Waals surface area contributed by atoms with E-state index in [2.05, 4.69) is 10.3 Å². The molecule has 0 aliphatic carbocycles. The fourth-order valence-electron chi connectivity index (χ4n) is 2.08. The SMILES string of the molecule is CCN=C1SC(C(=O)Nc2ccc(Cl)cc2)CC(=O)N1CC. The number of carbonyl (C=O) groups is 2. The molecule has 1 aliphatic rings. The normalized spacial score (nSPS) is 20.3. The van der Waals surface area contributed by atoms with E-state index in [1.807, 2.05) is 13.8 Å². The molecule has 0 bridgehead atoms. The fourth-order valence-corrected chi connectivity index (χ4v) is 3.41. The highest BCUT2D eigenvalue weighted by molar-refractivity contribution is 8.15. The van der Waals surface area contributed by atoms with Crippen molar-refractivity contribution >= 4 is 46.0 Å². The number of aliphatic imine (C=N–C) groups is 1. The van der Waals surface area contributed by atoms with Crippen molar-refractivity contribution in [2.24, 2.45) is 4.99 Å². The largest absolute Gasteiger partial charge is 0.325 e. The van der Waals surface area contributed by atoms with Crippen molar-refractivity contribution in [2.75, 3.05) is 18.4 Å². The molecule has 1 unspecified atom stereocenters. The van der Waals surface area contributed by atoms with Crippen LogP contribution in [0.25, 0.3) is 0 Å². The molecule has 0 radical (unpaired) electrons. The van der Waals surface area contributed by atoms with Gasteiger partial charge in [0.25, 0.3) is 0 Å². The lowest BCUT2D eigenvalue weighted by molar-refractivity contribution is -0.129. The van der Waals surface area contributed by atoms with Crippen LogP contribution in [-0.4, -0.2) is 40.2 Å². The van der Waals surface area contributed by atoms with Crippen LogP contribution < -0.4 is 5.32 Å². The number of hydrogen-bond donors (Lipinski definition) is 1. The quantitative estimate of drug-likeness (QED) is 0.917. The van der Waals surface area contributed by atoms with E-state index in [-0.39, 0.29) is 18.2 Å². The topological polar surface area (TPSA) is 61.8 Å². The molecule has 1 aromatic rings. The van der Waals surface area contributed by atoms with Crippen LogP contribution in [0.15, 0.2) is 29.3 Å². The van der Waals surface area contributed by atoms with Gasteiger partial charge in [-0.15, -0.1) is 0 Å². The standard InChI is InChI=1S/C15H18ClN3O2S/c1-3-17-15-19(4-2)13(20)9-12(22-15)14(21)18-11-7-5-10(16)6-8-11/h5-8,12H,3-4,9H2,1-2H3,(H,18,21). The molecule has 118 valence electrons. The zero-order valence-electron chi connectivity index (χ0n) is 12.5. The van der Waals surface area contributed by atoms with E-state index in [4.69, 9.17) is 11.6 Å². The van der Waals surface area contributed by atoms with E-state index >= 15 is 0 Å². The first kappa shape index (κ1) is 16.8. The van der Waals surface area contributed by atoms with Crippen molar-refractivity contribution in [3.63, 3.8) is 0 Å². The number of hydrogen-bond acceptors (Lipinski definition) is 4. The predicted octanol–water partition coefficient (Wildman–Crippen LogP) is 3.01. The summed E-state index contributed by atoms with van der Waals surface area (Å²) in [5, 5.41) is 3.58. The number of amides is 2. The minimum absolute atomic E-state index is 0.0651. The van der Waals surface area contributed by atoms with Gasteiger partial charge in [-0.3, -0.25) is 19.5 Å².